The topological polar surface area (TPSA) is 47.0 Å². The van der Waals surface area contributed by atoms with Crippen molar-refractivity contribution in [1.82, 2.24) is 9.97 Å². The van der Waals surface area contributed by atoms with E-state index in [1.807, 2.05) is 13.8 Å². The third kappa shape index (κ3) is 3.75. The van der Waals surface area contributed by atoms with Crippen LogP contribution < -0.4 is 10.1 Å². The molecule has 7 heteroatoms. The molecule has 1 N–H and O–H groups in total. The lowest BCUT2D eigenvalue weighted by Gasteiger charge is -2.18. The van der Waals surface area contributed by atoms with Crippen LogP contribution in [0, 0.1) is 5.92 Å². The SMILES string of the molecule is CNc1nc(OC(C)C(C)C)cc(C(F)(F)F)n1. The van der Waals surface area contributed by atoms with Crippen LogP contribution in [0.25, 0.3) is 0 Å². The molecular formula is C11H16F3N3O. The molecule has 0 bridgehead atoms. The number of rotatable bonds is 4. The number of aromatic nitrogens is 2. The first-order valence-electron chi connectivity index (χ1n) is 5.54. The van der Waals surface area contributed by atoms with Crippen LogP contribution in [0.2, 0.25) is 0 Å². The fraction of sp³-hybridized carbons (Fsp3) is 0.636. The Bertz CT molecular complexity index is 407. The van der Waals surface area contributed by atoms with Crippen molar-refractivity contribution in [3.8, 4) is 5.88 Å². The van der Waals surface area contributed by atoms with Crippen molar-refractivity contribution < 1.29 is 17.9 Å². The molecule has 0 amide bonds. The summed E-state index contributed by atoms with van der Waals surface area (Å²) in [7, 11) is 1.45. The van der Waals surface area contributed by atoms with E-state index in [0.29, 0.717) is 0 Å². The first-order valence-corrected chi connectivity index (χ1v) is 5.54. The molecule has 1 heterocycles. The van der Waals surface area contributed by atoms with Gasteiger partial charge in [-0.1, -0.05) is 13.8 Å². The molecule has 1 aromatic heterocycles. The molecule has 0 saturated heterocycles. The van der Waals surface area contributed by atoms with E-state index >= 15 is 0 Å². The van der Waals surface area contributed by atoms with E-state index in [4.69, 9.17) is 4.74 Å². The van der Waals surface area contributed by atoms with Crippen LogP contribution in [0.5, 0.6) is 5.88 Å². The minimum Gasteiger partial charge on any atom is -0.474 e. The predicted octanol–water partition coefficient (Wildman–Crippen LogP) is 2.96. The van der Waals surface area contributed by atoms with Crippen LogP contribution in [0.3, 0.4) is 0 Å². The smallest absolute Gasteiger partial charge is 0.433 e. The number of nitrogens with zero attached hydrogens (tertiary/aromatic N) is 2. The Morgan fingerprint density at radius 2 is 1.83 bits per heavy atom. The van der Waals surface area contributed by atoms with Gasteiger partial charge in [0.25, 0.3) is 0 Å². The van der Waals surface area contributed by atoms with Gasteiger partial charge in [0.1, 0.15) is 0 Å². The predicted molar refractivity (Wildman–Crippen MR) is 61.5 cm³/mol. The molecule has 0 aromatic carbocycles. The van der Waals surface area contributed by atoms with E-state index in [1.165, 1.54) is 7.05 Å². The largest absolute Gasteiger partial charge is 0.474 e. The summed E-state index contributed by atoms with van der Waals surface area (Å²) in [6.45, 7) is 5.60. The van der Waals surface area contributed by atoms with Crippen LogP contribution in [0.4, 0.5) is 19.1 Å². The summed E-state index contributed by atoms with van der Waals surface area (Å²) in [5.74, 6) is -0.0222. The Hall–Kier alpha value is -1.53. The highest BCUT2D eigenvalue weighted by Gasteiger charge is 2.34. The fourth-order valence-corrected chi connectivity index (χ4v) is 1.07. The highest BCUT2D eigenvalue weighted by Crippen LogP contribution is 2.30. The van der Waals surface area contributed by atoms with Crippen LogP contribution in [0.15, 0.2) is 6.07 Å². The zero-order valence-electron chi connectivity index (χ0n) is 10.7. The molecule has 18 heavy (non-hydrogen) atoms. The fourth-order valence-electron chi connectivity index (χ4n) is 1.07. The number of nitrogens with one attached hydrogen (secondary N) is 1. The molecule has 0 spiro atoms. The van der Waals surface area contributed by atoms with Crippen LogP contribution >= 0.6 is 0 Å². The minimum absolute atomic E-state index is 0.0807. The number of hydrogen-bond donors (Lipinski definition) is 1. The minimum atomic E-state index is -4.52. The normalized spacial score (nSPS) is 13.6. The lowest BCUT2D eigenvalue weighted by molar-refractivity contribution is -0.141. The monoisotopic (exact) mass is 263 g/mol. The van der Waals surface area contributed by atoms with Crippen molar-refractivity contribution >= 4 is 5.95 Å². The van der Waals surface area contributed by atoms with Crippen LogP contribution in [-0.4, -0.2) is 23.1 Å². The molecule has 102 valence electrons. The second-order valence-corrected chi connectivity index (χ2v) is 4.23. The third-order valence-electron chi connectivity index (χ3n) is 2.46. The maximum atomic E-state index is 12.6. The standard InChI is InChI=1S/C11H16F3N3O/c1-6(2)7(3)18-9-5-8(11(12,13)14)16-10(15-4)17-9/h5-7H,1-4H3,(H,15,16,17). The number of ether oxygens (including phenoxy) is 1. The van der Waals surface area contributed by atoms with Crippen molar-refractivity contribution in [2.45, 2.75) is 33.1 Å². The van der Waals surface area contributed by atoms with E-state index in [0.717, 1.165) is 6.07 Å². The molecular weight excluding hydrogens is 247 g/mol. The lowest BCUT2D eigenvalue weighted by atomic mass is 10.1. The van der Waals surface area contributed by atoms with Gasteiger partial charge >= 0.3 is 6.18 Å². The highest BCUT2D eigenvalue weighted by atomic mass is 19.4. The van der Waals surface area contributed by atoms with Crippen molar-refractivity contribution in [2.24, 2.45) is 5.92 Å². The molecule has 0 radical (unpaired) electrons. The van der Waals surface area contributed by atoms with Gasteiger partial charge in [-0.15, -0.1) is 0 Å². The van der Waals surface area contributed by atoms with Crippen molar-refractivity contribution in [2.75, 3.05) is 12.4 Å². The van der Waals surface area contributed by atoms with Crippen molar-refractivity contribution in [3.63, 3.8) is 0 Å². The zero-order valence-corrected chi connectivity index (χ0v) is 10.7. The maximum Gasteiger partial charge on any atom is 0.433 e. The first kappa shape index (κ1) is 14.5. The van der Waals surface area contributed by atoms with Gasteiger partial charge < -0.3 is 10.1 Å². The molecule has 0 aliphatic heterocycles. The molecule has 0 aliphatic rings. The summed E-state index contributed by atoms with van der Waals surface area (Å²) >= 11 is 0. The summed E-state index contributed by atoms with van der Waals surface area (Å²) in [6.07, 6.45) is -4.75. The van der Waals surface area contributed by atoms with Crippen LogP contribution in [0.1, 0.15) is 26.5 Å². The van der Waals surface area contributed by atoms with Gasteiger partial charge in [0.15, 0.2) is 5.69 Å². The molecule has 1 aromatic rings. The molecule has 0 fully saturated rings. The third-order valence-corrected chi connectivity index (χ3v) is 2.46. The highest BCUT2D eigenvalue weighted by molar-refractivity contribution is 5.31. The Kier molecular flexibility index (Phi) is 4.37. The molecule has 1 atom stereocenters. The van der Waals surface area contributed by atoms with Gasteiger partial charge in [-0.05, 0) is 12.8 Å². The first-order chi connectivity index (χ1) is 8.24. The van der Waals surface area contributed by atoms with Gasteiger partial charge in [0.05, 0.1) is 6.10 Å². The van der Waals surface area contributed by atoms with Gasteiger partial charge in [0.2, 0.25) is 11.8 Å². The average Bonchev–Trinajstić information content (AvgIpc) is 2.27. The summed E-state index contributed by atoms with van der Waals surface area (Å²) in [5.41, 5.74) is -1.02. The van der Waals surface area contributed by atoms with Crippen LogP contribution in [-0.2, 0) is 6.18 Å². The number of alkyl halides is 3. The Balaban J connectivity index is 3.05. The van der Waals surface area contributed by atoms with Crippen molar-refractivity contribution in [1.29, 1.82) is 0 Å². The van der Waals surface area contributed by atoms with Gasteiger partial charge in [-0.25, -0.2) is 4.98 Å². The quantitative estimate of drug-likeness (QED) is 0.907. The number of anilines is 1. The Morgan fingerprint density at radius 3 is 2.28 bits per heavy atom. The summed E-state index contributed by atoms with van der Waals surface area (Å²) < 4.78 is 43.2. The summed E-state index contributed by atoms with van der Waals surface area (Å²) in [4.78, 5) is 7.19. The van der Waals surface area contributed by atoms with Gasteiger partial charge in [0, 0.05) is 13.1 Å². The Morgan fingerprint density at radius 1 is 1.22 bits per heavy atom. The van der Waals surface area contributed by atoms with E-state index in [2.05, 4.69) is 15.3 Å². The van der Waals surface area contributed by atoms with Gasteiger partial charge in [-0.2, -0.15) is 18.2 Å². The average molecular weight is 263 g/mol. The van der Waals surface area contributed by atoms with Gasteiger partial charge in [-0.3, -0.25) is 0 Å². The second kappa shape index (κ2) is 5.41. The summed E-state index contributed by atoms with van der Waals surface area (Å²) in [6, 6.07) is 0.805. The van der Waals surface area contributed by atoms with E-state index in [-0.39, 0.29) is 23.9 Å². The maximum absolute atomic E-state index is 12.6. The zero-order chi connectivity index (χ0) is 13.9. The lowest BCUT2D eigenvalue weighted by Crippen LogP contribution is -2.20. The number of halogens is 3. The van der Waals surface area contributed by atoms with Crippen molar-refractivity contribution in [3.05, 3.63) is 11.8 Å². The molecule has 0 saturated carbocycles. The summed E-state index contributed by atoms with van der Waals surface area (Å²) in [5, 5.41) is 2.48. The second-order valence-electron chi connectivity index (χ2n) is 4.23. The molecule has 1 rings (SSSR count). The Labute approximate surface area is 104 Å². The molecule has 4 nitrogen and oxygen atoms in total. The van der Waals surface area contributed by atoms with E-state index in [1.54, 1.807) is 6.92 Å². The molecule has 1 unspecified atom stereocenters. The molecule has 0 aliphatic carbocycles. The number of hydrogen-bond acceptors (Lipinski definition) is 4. The van der Waals surface area contributed by atoms with E-state index < -0.39 is 11.9 Å². The van der Waals surface area contributed by atoms with E-state index in [9.17, 15) is 13.2 Å².